The number of fused-ring (bicyclic) bond motifs is 3. The molecule has 3 atom stereocenters. The lowest BCUT2D eigenvalue weighted by molar-refractivity contribution is 0.116. The molecule has 0 aromatic carbocycles. The number of rotatable bonds is 6. The molecule has 9 nitrogen and oxygen atoms in total. The van der Waals surface area contributed by atoms with E-state index in [0.717, 1.165) is 54.5 Å². The average molecular weight is 456 g/mol. The number of H-pyrrole nitrogens is 1. The maximum absolute atomic E-state index is 12.7. The Morgan fingerprint density at radius 1 is 1.19 bits per heavy atom. The first-order valence-electron chi connectivity index (χ1n) is 11.3. The van der Waals surface area contributed by atoms with Crippen LogP contribution in [0, 0.1) is 6.92 Å². The molecule has 2 saturated heterocycles. The zero-order valence-electron chi connectivity index (χ0n) is 18.4. The smallest absolute Gasteiger partial charge is 0.214 e. The fourth-order valence-electron chi connectivity index (χ4n) is 5.12. The number of nitrogens with one attached hydrogen (secondary N) is 3. The van der Waals surface area contributed by atoms with E-state index in [2.05, 4.69) is 25.8 Å². The SMILES string of the molecule is CCS(=O)(=O)N1[C@@H]2CCC[C@H]1CC(Nc1nc(Nc3cc(C)[nH]n3)cc3ncccc13)C2. The van der Waals surface area contributed by atoms with Crippen molar-refractivity contribution in [3.8, 4) is 0 Å². The number of pyridine rings is 2. The molecular weight excluding hydrogens is 426 g/mol. The molecule has 2 fully saturated rings. The molecule has 2 bridgehead atoms. The van der Waals surface area contributed by atoms with E-state index in [1.807, 2.05) is 31.2 Å². The first-order chi connectivity index (χ1) is 15.4. The molecule has 0 spiro atoms. The van der Waals surface area contributed by atoms with Gasteiger partial charge in [-0.05, 0) is 51.7 Å². The summed E-state index contributed by atoms with van der Waals surface area (Å²) in [6.07, 6.45) is 6.27. The molecule has 0 aliphatic carbocycles. The lowest BCUT2D eigenvalue weighted by Gasteiger charge is -2.47. The Labute approximate surface area is 188 Å². The van der Waals surface area contributed by atoms with Gasteiger partial charge in [-0.15, -0.1) is 0 Å². The molecule has 10 heteroatoms. The van der Waals surface area contributed by atoms with Crippen LogP contribution in [0.2, 0.25) is 0 Å². The predicted octanol–water partition coefficient (Wildman–Crippen LogP) is 3.55. The molecule has 3 N–H and O–H groups in total. The molecular formula is C22H29N7O2S. The number of nitrogens with zero attached hydrogens (tertiary/aromatic N) is 4. The van der Waals surface area contributed by atoms with Crippen LogP contribution < -0.4 is 10.6 Å². The Morgan fingerprint density at radius 3 is 2.66 bits per heavy atom. The maximum Gasteiger partial charge on any atom is 0.214 e. The minimum atomic E-state index is -3.19. The van der Waals surface area contributed by atoms with Gasteiger partial charge in [0.15, 0.2) is 5.82 Å². The third-order valence-corrected chi connectivity index (χ3v) is 8.46. The number of aromatic amines is 1. The van der Waals surface area contributed by atoms with Gasteiger partial charge >= 0.3 is 0 Å². The standard InChI is InChI=1S/C22H29N7O2S/c1-3-32(30,31)29-16-6-4-7-17(29)12-15(11-16)24-22-18-8-5-9-23-19(18)13-20(26-22)25-21-10-14(2)27-28-21/h5,8-10,13,15-17H,3-4,6-7,11-12H2,1-2H3,(H3,24,25,26,27,28)/t15?,16-,17+. The normalized spacial score (nSPS) is 23.9. The highest BCUT2D eigenvalue weighted by Crippen LogP contribution is 2.38. The molecule has 3 aromatic heterocycles. The van der Waals surface area contributed by atoms with Crippen molar-refractivity contribution in [3.63, 3.8) is 0 Å². The number of piperidine rings is 2. The highest BCUT2D eigenvalue weighted by atomic mass is 32.2. The molecule has 1 unspecified atom stereocenters. The van der Waals surface area contributed by atoms with Gasteiger partial charge in [-0.2, -0.15) is 9.40 Å². The monoisotopic (exact) mass is 455 g/mol. The van der Waals surface area contributed by atoms with E-state index in [1.54, 1.807) is 17.4 Å². The Balaban J connectivity index is 1.42. The number of anilines is 3. The molecule has 170 valence electrons. The van der Waals surface area contributed by atoms with Crippen molar-refractivity contribution in [3.05, 3.63) is 36.2 Å². The zero-order valence-corrected chi connectivity index (χ0v) is 19.2. The van der Waals surface area contributed by atoms with Gasteiger partial charge in [-0.3, -0.25) is 10.1 Å². The number of sulfonamides is 1. The summed E-state index contributed by atoms with van der Waals surface area (Å²) >= 11 is 0. The highest BCUT2D eigenvalue weighted by molar-refractivity contribution is 7.89. The van der Waals surface area contributed by atoms with Crippen molar-refractivity contribution >= 4 is 38.4 Å². The number of aromatic nitrogens is 4. The summed E-state index contributed by atoms with van der Waals surface area (Å²) in [4.78, 5) is 9.35. The van der Waals surface area contributed by atoms with Gasteiger partial charge in [0.1, 0.15) is 11.6 Å². The second-order valence-corrected chi connectivity index (χ2v) is 10.9. The molecule has 5 rings (SSSR count). The van der Waals surface area contributed by atoms with Crippen LogP contribution in [0.1, 0.15) is 44.7 Å². The van der Waals surface area contributed by atoms with Crippen molar-refractivity contribution < 1.29 is 8.42 Å². The van der Waals surface area contributed by atoms with E-state index in [4.69, 9.17) is 4.98 Å². The molecule has 5 heterocycles. The largest absolute Gasteiger partial charge is 0.367 e. The summed E-state index contributed by atoms with van der Waals surface area (Å²) in [5, 5.41) is 15.0. The van der Waals surface area contributed by atoms with Gasteiger partial charge in [0.2, 0.25) is 10.0 Å². The van der Waals surface area contributed by atoms with Crippen LogP contribution >= 0.6 is 0 Å². The van der Waals surface area contributed by atoms with E-state index in [9.17, 15) is 8.42 Å². The molecule has 3 aromatic rings. The highest BCUT2D eigenvalue weighted by Gasteiger charge is 2.43. The molecule has 0 amide bonds. The summed E-state index contributed by atoms with van der Waals surface area (Å²) in [6, 6.07) is 8.03. The topological polar surface area (TPSA) is 116 Å². The van der Waals surface area contributed by atoms with Crippen LogP contribution in [0.3, 0.4) is 0 Å². The first-order valence-corrected chi connectivity index (χ1v) is 12.9. The number of hydrogen-bond donors (Lipinski definition) is 3. The van der Waals surface area contributed by atoms with Gasteiger partial charge in [0.25, 0.3) is 0 Å². The van der Waals surface area contributed by atoms with Crippen LogP contribution in [-0.2, 0) is 10.0 Å². The third kappa shape index (κ3) is 4.04. The summed E-state index contributed by atoms with van der Waals surface area (Å²) in [5.74, 6) is 2.29. The van der Waals surface area contributed by atoms with Crippen molar-refractivity contribution in [2.24, 2.45) is 0 Å². The summed E-state index contributed by atoms with van der Waals surface area (Å²) in [6.45, 7) is 3.68. The van der Waals surface area contributed by atoms with Crippen LogP contribution in [-0.4, -0.2) is 56.8 Å². The minimum Gasteiger partial charge on any atom is -0.367 e. The Hall–Kier alpha value is -2.72. The second-order valence-electron chi connectivity index (χ2n) is 8.77. The molecule has 2 aliphatic rings. The van der Waals surface area contributed by atoms with Crippen LogP contribution in [0.25, 0.3) is 10.9 Å². The number of hydrogen-bond acceptors (Lipinski definition) is 7. The summed E-state index contributed by atoms with van der Waals surface area (Å²) in [7, 11) is -3.19. The predicted molar refractivity (Wildman–Crippen MR) is 126 cm³/mol. The minimum absolute atomic E-state index is 0.0580. The lowest BCUT2D eigenvalue weighted by Crippen LogP contribution is -2.57. The van der Waals surface area contributed by atoms with Crippen LogP contribution in [0.4, 0.5) is 17.5 Å². The van der Waals surface area contributed by atoms with Gasteiger partial charge < -0.3 is 10.6 Å². The molecule has 0 radical (unpaired) electrons. The van der Waals surface area contributed by atoms with E-state index in [-0.39, 0.29) is 23.9 Å². The zero-order chi connectivity index (χ0) is 22.3. The summed E-state index contributed by atoms with van der Waals surface area (Å²) < 4.78 is 27.2. The average Bonchev–Trinajstić information content (AvgIpc) is 3.17. The Kier molecular flexibility index (Phi) is 5.50. The Morgan fingerprint density at radius 2 is 1.97 bits per heavy atom. The molecule has 0 saturated carbocycles. The van der Waals surface area contributed by atoms with Crippen molar-refractivity contribution in [2.45, 2.75) is 64.1 Å². The second kappa shape index (κ2) is 8.32. The van der Waals surface area contributed by atoms with Crippen molar-refractivity contribution in [1.29, 1.82) is 0 Å². The maximum atomic E-state index is 12.7. The number of aryl methyl sites for hydroxylation is 1. The van der Waals surface area contributed by atoms with Crippen molar-refractivity contribution in [1.82, 2.24) is 24.5 Å². The van der Waals surface area contributed by atoms with E-state index < -0.39 is 10.0 Å². The molecule has 2 aliphatic heterocycles. The van der Waals surface area contributed by atoms with Gasteiger partial charge in [-0.1, -0.05) is 6.42 Å². The third-order valence-electron chi connectivity index (χ3n) is 6.50. The van der Waals surface area contributed by atoms with E-state index in [0.29, 0.717) is 11.6 Å². The lowest BCUT2D eigenvalue weighted by atomic mass is 9.84. The van der Waals surface area contributed by atoms with E-state index >= 15 is 0 Å². The first kappa shape index (κ1) is 21.1. The fraction of sp³-hybridized carbons (Fsp3) is 0.500. The van der Waals surface area contributed by atoms with Gasteiger partial charge in [0.05, 0.1) is 11.3 Å². The van der Waals surface area contributed by atoms with Crippen LogP contribution in [0.5, 0.6) is 0 Å². The summed E-state index contributed by atoms with van der Waals surface area (Å²) in [5.41, 5.74) is 1.80. The van der Waals surface area contributed by atoms with Gasteiger partial charge in [-0.25, -0.2) is 13.4 Å². The van der Waals surface area contributed by atoms with Gasteiger partial charge in [0, 0.05) is 47.5 Å². The quantitative estimate of drug-likeness (QED) is 0.520. The molecule has 32 heavy (non-hydrogen) atoms. The van der Waals surface area contributed by atoms with Crippen molar-refractivity contribution in [2.75, 3.05) is 16.4 Å². The van der Waals surface area contributed by atoms with E-state index in [1.165, 1.54) is 0 Å². The van der Waals surface area contributed by atoms with Crippen LogP contribution in [0.15, 0.2) is 30.5 Å². The Bertz CT molecular complexity index is 1210. The fourth-order valence-corrected chi connectivity index (χ4v) is 6.70.